The number of hydrogen-bond acceptors (Lipinski definition) is 3. The lowest BCUT2D eigenvalue weighted by Crippen LogP contribution is -2.01. The second kappa shape index (κ2) is 6.28. The van der Waals surface area contributed by atoms with Gasteiger partial charge in [-0.1, -0.05) is 24.3 Å². The topological polar surface area (TPSA) is 35.5 Å². The van der Waals surface area contributed by atoms with Crippen LogP contribution in [0, 0.1) is 0 Å². The Balaban J connectivity index is 2.12. The third-order valence-corrected chi connectivity index (χ3v) is 2.77. The molecule has 0 aliphatic heterocycles. The second-order valence-electron chi connectivity index (χ2n) is 4.10. The predicted molar refractivity (Wildman–Crippen MR) is 70.9 cm³/mol. The van der Waals surface area contributed by atoms with Crippen molar-refractivity contribution in [2.45, 2.75) is 6.61 Å². The first-order chi connectivity index (χ1) is 8.83. The lowest BCUT2D eigenvalue weighted by molar-refractivity contribution is 0.0617. The Morgan fingerprint density at radius 2 is 1.89 bits per heavy atom. The van der Waals surface area contributed by atoms with Gasteiger partial charge in [-0.25, -0.2) is 0 Å². The van der Waals surface area contributed by atoms with Gasteiger partial charge in [-0.05, 0) is 28.5 Å². The molecule has 0 aromatic heterocycles. The molecule has 0 bridgehead atoms. The maximum Gasteiger partial charge on any atom is 0.150 e. The number of aldehydes is 1. The molecule has 3 heteroatoms. The minimum Gasteiger partial charge on any atom is -0.382 e. The normalized spacial score (nSPS) is 10.7. The van der Waals surface area contributed by atoms with Crippen LogP contribution in [0.25, 0.3) is 10.8 Å². The van der Waals surface area contributed by atoms with Gasteiger partial charge in [0.2, 0.25) is 0 Å². The number of carbonyl (C=O) groups is 1. The Hall–Kier alpha value is -1.71. The van der Waals surface area contributed by atoms with Crippen molar-refractivity contribution in [3.05, 3.63) is 47.5 Å². The van der Waals surface area contributed by atoms with Crippen LogP contribution in [0.4, 0.5) is 0 Å². The van der Waals surface area contributed by atoms with Gasteiger partial charge in [-0.3, -0.25) is 4.79 Å². The number of methoxy groups -OCH3 is 1. The van der Waals surface area contributed by atoms with Crippen LogP contribution < -0.4 is 0 Å². The Morgan fingerprint density at radius 3 is 2.67 bits per heavy atom. The summed E-state index contributed by atoms with van der Waals surface area (Å²) in [6, 6.07) is 11.8. The van der Waals surface area contributed by atoms with Gasteiger partial charge in [-0.15, -0.1) is 0 Å². The van der Waals surface area contributed by atoms with Gasteiger partial charge in [0.1, 0.15) is 6.29 Å². The standard InChI is InChI=1S/C15H16O3/c1-17-6-7-18-11-13-3-5-14-4-2-12(10-16)8-15(14)9-13/h2-5,8-10H,6-7,11H2,1H3. The van der Waals surface area contributed by atoms with Crippen molar-refractivity contribution in [3.63, 3.8) is 0 Å². The molecule has 2 rings (SSSR count). The van der Waals surface area contributed by atoms with E-state index in [1.165, 1.54) is 0 Å². The van der Waals surface area contributed by atoms with E-state index in [4.69, 9.17) is 9.47 Å². The van der Waals surface area contributed by atoms with Gasteiger partial charge < -0.3 is 9.47 Å². The van der Waals surface area contributed by atoms with Crippen molar-refractivity contribution >= 4 is 17.1 Å². The van der Waals surface area contributed by atoms with Gasteiger partial charge in [0.05, 0.1) is 19.8 Å². The molecule has 0 saturated carbocycles. The van der Waals surface area contributed by atoms with Crippen molar-refractivity contribution in [1.29, 1.82) is 0 Å². The second-order valence-corrected chi connectivity index (χ2v) is 4.10. The minimum atomic E-state index is 0.560. The van der Waals surface area contributed by atoms with E-state index in [1.54, 1.807) is 7.11 Å². The van der Waals surface area contributed by atoms with E-state index in [2.05, 4.69) is 6.07 Å². The first-order valence-corrected chi connectivity index (χ1v) is 5.88. The maximum atomic E-state index is 10.7. The Kier molecular flexibility index (Phi) is 4.45. The molecule has 0 unspecified atom stereocenters. The fraction of sp³-hybridized carbons (Fsp3) is 0.267. The summed E-state index contributed by atoms with van der Waals surface area (Å²) < 4.78 is 10.4. The van der Waals surface area contributed by atoms with Crippen LogP contribution in [0.5, 0.6) is 0 Å². The number of rotatable bonds is 6. The summed E-state index contributed by atoms with van der Waals surface area (Å²) in [6.07, 6.45) is 0.862. The smallest absolute Gasteiger partial charge is 0.150 e. The number of benzene rings is 2. The van der Waals surface area contributed by atoms with Crippen molar-refractivity contribution in [3.8, 4) is 0 Å². The molecule has 94 valence electrons. The molecular weight excluding hydrogens is 228 g/mol. The zero-order chi connectivity index (χ0) is 12.8. The van der Waals surface area contributed by atoms with Crippen molar-refractivity contribution in [2.24, 2.45) is 0 Å². The monoisotopic (exact) mass is 244 g/mol. The van der Waals surface area contributed by atoms with Crippen LogP contribution in [-0.4, -0.2) is 26.6 Å². The summed E-state index contributed by atoms with van der Waals surface area (Å²) in [5.74, 6) is 0. The van der Waals surface area contributed by atoms with Crippen molar-refractivity contribution in [2.75, 3.05) is 20.3 Å². The average Bonchev–Trinajstić information content (AvgIpc) is 2.42. The van der Waals surface area contributed by atoms with Gasteiger partial charge in [0.25, 0.3) is 0 Å². The summed E-state index contributed by atoms with van der Waals surface area (Å²) in [7, 11) is 1.65. The van der Waals surface area contributed by atoms with Crippen LogP contribution in [0.15, 0.2) is 36.4 Å². The van der Waals surface area contributed by atoms with Crippen LogP contribution in [-0.2, 0) is 16.1 Å². The highest BCUT2D eigenvalue weighted by atomic mass is 16.5. The van der Waals surface area contributed by atoms with E-state index in [0.717, 1.165) is 22.6 Å². The van der Waals surface area contributed by atoms with E-state index in [1.807, 2.05) is 30.3 Å². The van der Waals surface area contributed by atoms with Crippen molar-refractivity contribution < 1.29 is 14.3 Å². The molecule has 0 N–H and O–H groups in total. The molecule has 0 aliphatic carbocycles. The minimum absolute atomic E-state index is 0.560. The number of ether oxygens (including phenoxy) is 2. The largest absolute Gasteiger partial charge is 0.382 e. The zero-order valence-electron chi connectivity index (χ0n) is 10.4. The molecule has 18 heavy (non-hydrogen) atoms. The molecule has 0 amide bonds. The molecule has 0 atom stereocenters. The molecule has 0 fully saturated rings. The quantitative estimate of drug-likeness (QED) is 0.579. The number of fused-ring (bicyclic) bond motifs is 1. The van der Waals surface area contributed by atoms with E-state index in [9.17, 15) is 4.79 Å². The highest BCUT2D eigenvalue weighted by molar-refractivity contribution is 5.89. The zero-order valence-corrected chi connectivity index (χ0v) is 10.4. The summed E-state index contributed by atoms with van der Waals surface area (Å²) in [4.78, 5) is 10.7. The maximum absolute atomic E-state index is 10.7. The molecular formula is C15H16O3. The van der Waals surface area contributed by atoms with Gasteiger partial charge in [-0.2, -0.15) is 0 Å². The molecule has 0 heterocycles. The molecule has 2 aromatic carbocycles. The highest BCUT2D eigenvalue weighted by Gasteiger charge is 1.99. The third kappa shape index (κ3) is 3.15. The predicted octanol–water partition coefficient (Wildman–Crippen LogP) is 2.82. The molecule has 2 aromatic rings. The highest BCUT2D eigenvalue weighted by Crippen LogP contribution is 2.18. The number of carbonyl (C=O) groups excluding carboxylic acids is 1. The van der Waals surface area contributed by atoms with E-state index in [-0.39, 0.29) is 0 Å². The lowest BCUT2D eigenvalue weighted by atomic mass is 10.1. The van der Waals surface area contributed by atoms with Crippen LogP contribution in [0.2, 0.25) is 0 Å². The Bertz CT molecular complexity index is 534. The van der Waals surface area contributed by atoms with Gasteiger partial charge in [0, 0.05) is 12.7 Å². The van der Waals surface area contributed by atoms with Gasteiger partial charge >= 0.3 is 0 Å². The molecule has 0 saturated heterocycles. The van der Waals surface area contributed by atoms with Crippen LogP contribution in [0.3, 0.4) is 0 Å². The van der Waals surface area contributed by atoms with Gasteiger partial charge in [0.15, 0.2) is 0 Å². The van der Waals surface area contributed by atoms with E-state index in [0.29, 0.717) is 25.4 Å². The number of hydrogen-bond donors (Lipinski definition) is 0. The van der Waals surface area contributed by atoms with Crippen LogP contribution in [0.1, 0.15) is 15.9 Å². The Labute approximate surface area is 106 Å². The molecule has 0 radical (unpaired) electrons. The Morgan fingerprint density at radius 1 is 1.06 bits per heavy atom. The van der Waals surface area contributed by atoms with Crippen LogP contribution >= 0.6 is 0 Å². The fourth-order valence-corrected chi connectivity index (χ4v) is 1.81. The van der Waals surface area contributed by atoms with Crippen molar-refractivity contribution in [1.82, 2.24) is 0 Å². The summed E-state index contributed by atoms with van der Waals surface area (Å²) >= 11 is 0. The first-order valence-electron chi connectivity index (χ1n) is 5.88. The fourth-order valence-electron chi connectivity index (χ4n) is 1.81. The molecule has 0 spiro atoms. The SMILES string of the molecule is COCCOCc1ccc2ccc(C=O)cc2c1. The van der Waals surface area contributed by atoms with E-state index < -0.39 is 0 Å². The third-order valence-electron chi connectivity index (χ3n) is 2.77. The molecule has 0 aliphatic rings. The average molecular weight is 244 g/mol. The molecule has 3 nitrogen and oxygen atoms in total. The first kappa shape index (κ1) is 12.7. The summed E-state index contributed by atoms with van der Waals surface area (Å²) in [6.45, 7) is 1.75. The van der Waals surface area contributed by atoms with E-state index >= 15 is 0 Å². The summed E-state index contributed by atoms with van der Waals surface area (Å²) in [5.41, 5.74) is 1.79. The lowest BCUT2D eigenvalue weighted by Gasteiger charge is -2.05. The summed E-state index contributed by atoms with van der Waals surface area (Å²) in [5, 5.41) is 2.19.